The first-order valence-corrected chi connectivity index (χ1v) is 5.79. The van der Waals surface area contributed by atoms with Crippen molar-refractivity contribution < 1.29 is 14.3 Å². The first-order chi connectivity index (χ1) is 8.59. The molecule has 1 aliphatic rings. The largest absolute Gasteiger partial charge is 0.445 e. The van der Waals surface area contributed by atoms with Crippen molar-refractivity contribution >= 4 is 11.9 Å². The summed E-state index contributed by atoms with van der Waals surface area (Å²) in [6.45, 7) is 3.65. The van der Waals surface area contributed by atoms with Crippen molar-refractivity contribution in [3.8, 4) is 0 Å². The third kappa shape index (κ3) is 5.45. The quantitative estimate of drug-likeness (QED) is 0.822. The number of amides is 1. The van der Waals surface area contributed by atoms with Gasteiger partial charge in [-0.2, -0.15) is 0 Å². The van der Waals surface area contributed by atoms with Gasteiger partial charge in [-0.3, -0.25) is 4.79 Å². The molecule has 1 unspecified atom stereocenters. The van der Waals surface area contributed by atoms with Crippen LogP contribution in [0.2, 0.25) is 0 Å². The van der Waals surface area contributed by atoms with Crippen LogP contribution in [0.1, 0.15) is 12.5 Å². The van der Waals surface area contributed by atoms with Crippen molar-refractivity contribution in [2.24, 2.45) is 11.7 Å². The summed E-state index contributed by atoms with van der Waals surface area (Å²) < 4.78 is 4.57. The van der Waals surface area contributed by atoms with E-state index in [-0.39, 0.29) is 12.5 Å². The number of ketones is 1. The standard InChI is InChI=1S/C8H9NO2.C5H9NO/c9-8(10)11-6-7-4-2-1-3-5-7;1-4-2-6-3-5(4)7/h1-5H,6H2,(H2,9,10);4,6H,2-3H2,1H3. The smallest absolute Gasteiger partial charge is 0.404 e. The van der Waals surface area contributed by atoms with E-state index in [0.717, 1.165) is 12.1 Å². The summed E-state index contributed by atoms with van der Waals surface area (Å²) in [6.07, 6.45) is -0.742. The number of nitrogens with one attached hydrogen (secondary N) is 1. The molecule has 1 atom stereocenters. The summed E-state index contributed by atoms with van der Waals surface area (Å²) in [4.78, 5) is 20.7. The molecule has 1 heterocycles. The number of hydrogen-bond donors (Lipinski definition) is 2. The molecule has 1 amide bonds. The van der Waals surface area contributed by atoms with Gasteiger partial charge in [-0.05, 0) is 5.56 Å². The summed E-state index contributed by atoms with van der Waals surface area (Å²) >= 11 is 0. The predicted molar refractivity (Wildman–Crippen MR) is 67.9 cm³/mol. The van der Waals surface area contributed by atoms with E-state index in [0.29, 0.717) is 12.3 Å². The second kappa shape index (κ2) is 7.45. The molecule has 1 fully saturated rings. The van der Waals surface area contributed by atoms with Gasteiger partial charge in [0, 0.05) is 12.5 Å². The molecule has 1 aliphatic heterocycles. The Hall–Kier alpha value is -1.88. The van der Waals surface area contributed by atoms with Crippen LogP contribution < -0.4 is 11.1 Å². The predicted octanol–water partition coefficient (Wildman–Crippen LogP) is 1.08. The summed E-state index contributed by atoms with van der Waals surface area (Å²) in [6, 6.07) is 9.37. The van der Waals surface area contributed by atoms with Crippen LogP contribution >= 0.6 is 0 Å². The fraction of sp³-hybridized carbons (Fsp3) is 0.385. The third-order valence-electron chi connectivity index (χ3n) is 2.52. The zero-order chi connectivity index (χ0) is 13.4. The fourth-order valence-corrected chi connectivity index (χ4v) is 1.43. The van der Waals surface area contributed by atoms with Gasteiger partial charge in [0.1, 0.15) is 6.61 Å². The molecule has 5 nitrogen and oxygen atoms in total. The number of hydrogen-bond acceptors (Lipinski definition) is 4. The van der Waals surface area contributed by atoms with Crippen molar-refractivity contribution in [1.29, 1.82) is 0 Å². The van der Waals surface area contributed by atoms with Gasteiger partial charge in [0.15, 0.2) is 5.78 Å². The lowest BCUT2D eigenvalue weighted by Gasteiger charge is -1.99. The second-order valence-corrected chi connectivity index (χ2v) is 4.09. The van der Waals surface area contributed by atoms with Gasteiger partial charge < -0.3 is 15.8 Å². The summed E-state index contributed by atoms with van der Waals surface area (Å²) in [5, 5.41) is 2.97. The molecule has 0 radical (unpaired) electrons. The molecule has 1 aromatic carbocycles. The molecule has 0 saturated carbocycles. The van der Waals surface area contributed by atoms with Crippen LogP contribution in [0.25, 0.3) is 0 Å². The summed E-state index contributed by atoms with van der Waals surface area (Å²) in [7, 11) is 0. The van der Waals surface area contributed by atoms with Crippen LogP contribution in [0.15, 0.2) is 30.3 Å². The average Bonchev–Trinajstić information content (AvgIpc) is 2.73. The third-order valence-corrected chi connectivity index (χ3v) is 2.52. The number of ether oxygens (including phenoxy) is 1. The molecule has 0 spiro atoms. The number of carbonyl (C=O) groups excluding carboxylic acids is 2. The van der Waals surface area contributed by atoms with Crippen LogP contribution in [-0.4, -0.2) is 25.0 Å². The minimum atomic E-state index is -0.742. The van der Waals surface area contributed by atoms with Gasteiger partial charge in [0.2, 0.25) is 0 Å². The number of carbonyl (C=O) groups is 2. The minimum Gasteiger partial charge on any atom is -0.445 e. The highest BCUT2D eigenvalue weighted by Gasteiger charge is 2.17. The maximum absolute atomic E-state index is 10.5. The van der Waals surface area contributed by atoms with Gasteiger partial charge in [-0.1, -0.05) is 37.3 Å². The average molecular weight is 250 g/mol. The number of Topliss-reactive ketones (excluding diaryl/α,β-unsaturated/α-hetero) is 1. The normalized spacial score (nSPS) is 17.8. The Morgan fingerprint density at radius 2 is 2.11 bits per heavy atom. The van der Waals surface area contributed by atoms with E-state index in [1.807, 2.05) is 37.3 Å². The van der Waals surface area contributed by atoms with Crippen LogP contribution in [0.4, 0.5) is 4.79 Å². The zero-order valence-electron chi connectivity index (χ0n) is 10.4. The zero-order valence-corrected chi connectivity index (χ0v) is 10.4. The highest BCUT2D eigenvalue weighted by molar-refractivity contribution is 5.84. The molecule has 3 N–H and O–H groups in total. The van der Waals surface area contributed by atoms with E-state index in [1.54, 1.807) is 0 Å². The van der Waals surface area contributed by atoms with Crippen molar-refractivity contribution in [3.63, 3.8) is 0 Å². The van der Waals surface area contributed by atoms with E-state index in [9.17, 15) is 9.59 Å². The lowest BCUT2D eigenvalue weighted by Crippen LogP contribution is -2.12. The molecule has 1 saturated heterocycles. The van der Waals surface area contributed by atoms with Gasteiger partial charge in [-0.15, -0.1) is 0 Å². The number of primary amides is 1. The minimum absolute atomic E-state index is 0.246. The molecule has 0 aromatic heterocycles. The summed E-state index contributed by atoms with van der Waals surface area (Å²) in [5.41, 5.74) is 5.72. The topological polar surface area (TPSA) is 81.4 Å². The first kappa shape index (κ1) is 14.2. The molecule has 5 heteroatoms. The molecule has 0 bridgehead atoms. The summed E-state index contributed by atoms with van der Waals surface area (Å²) in [5.74, 6) is 0.611. The van der Waals surface area contributed by atoms with Gasteiger partial charge in [0.25, 0.3) is 0 Å². The van der Waals surface area contributed by atoms with E-state index < -0.39 is 6.09 Å². The van der Waals surface area contributed by atoms with E-state index in [4.69, 9.17) is 5.73 Å². The molecule has 98 valence electrons. The first-order valence-electron chi connectivity index (χ1n) is 5.79. The highest BCUT2D eigenvalue weighted by atomic mass is 16.5. The van der Waals surface area contributed by atoms with E-state index in [1.165, 1.54) is 0 Å². The van der Waals surface area contributed by atoms with Crippen molar-refractivity contribution in [1.82, 2.24) is 5.32 Å². The van der Waals surface area contributed by atoms with Crippen molar-refractivity contribution in [3.05, 3.63) is 35.9 Å². The Kier molecular flexibility index (Phi) is 5.87. The van der Waals surface area contributed by atoms with Crippen LogP contribution in [0.5, 0.6) is 0 Å². The SMILES string of the molecule is CC1CNCC1=O.NC(=O)OCc1ccccc1. The molecule has 18 heavy (non-hydrogen) atoms. The van der Waals surface area contributed by atoms with Gasteiger partial charge >= 0.3 is 6.09 Å². The Morgan fingerprint density at radius 1 is 1.44 bits per heavy atom. The number of rotatable bonds is 2. The van der Waals surface area contributed by atoms with Crippen LogP contribution in [0.3, 0.4) is 0 Å². The Morgan fingerprint density at radius 3 is 2.50 bits per heavy atom. The highest BCUT2D eigenvalue weighted by Crippen LogP contribution is 1.99. The monoisotopic (exact) mass is 250 g/mol. The van der Waals surface area contributed by atoms with E-state index >= 15 is 0 Å². The maximum Gasteiger partial charge on any atom is 0.404 e. The Labute approximate surface area is 106 Å². The molecular weight excluding hydrogens is 232 g/mol. The van der Waals surface area contributed by atoms with Gasteiger partial charge in [0.05, 0.1) is 6.54 Å². The molecule has 0 aliphatic carbocycles. The Bertz CT molecular complexity index is 392. The molecule has 2 rings (SSSR count). The fourth-order valence-electron chi connectivity index (χ4n) is 1.43. The van der Waals surface area contributed by atoms with Gasteiger partial charge in [-0.25, -0.2) is 4.79 Å². The second-order valence-electron chi connectivity index (χ2n) is 4.09. The lowest BCUT2D eigenvalue weighted by molar-refractivity contribution is -0.119. The Balaban J connectivity index is 0.000000199. The number of benzene rings is 1. The van der Waals surface area contributed by atoms with Crippen molar-refractivity contribution in [2.75, 3.05) is 13.1 Å². The van der Waals surface area contributed by atoms with Crippen LogP contribution in [0, 0.1) is 5.92 Å². The molecular formula is C13H18N2O3. The van der Waals surface area contributed by atoms with Crippen molar-refractivity contribution in [2.45, 2.75) is 13.5 Å². The molecule has 1 aromatic rings. The maximum atomic E-state index is 10.5. The number of nitrogens with two attached hydrogens (primary N) is 1. The lowest BCUT2D eigenvalue weighted by atomic mass is 10.1. The van der Waals surface area contributed by atoms with Crippen LogP contribution in [-0.2, 0) is 16.1 Å². The van der Waals surface area contributed by atoms with E-state index in [2.05, 4.69) is 10.1 Å².